The summed E-state index contributed by atoms with van der Waals surface area (Å²) in [5, 5.41) is 23.1. The van der Waals surface area contributed by atoms with Crippen molar-refractivity contribution in [3.63, 3.8) is 0 Å². The molecule has 1 aromatic rings. The Labute approximate surface area is 149 Å². The van der Waals surface area contributed by atoms with Crippen molar-refractivity contribution < 1.29 is 29.3 Å². The summed E-state index contributed by atoms with van der Waals surface area (Å²) in [4.78, 5) is 36.0. The Morgan fingerprint density at radius 3 is 2.20 bits per heavy atom. The van der Waals surface area contributed by atoms with Gasteiger partial charge in [-0.15, -0.1) is 0 Å². The maximum Gasteiger partial charge on any atom is 0.328 e. The number of ether oxygens (including phenoxy) is 1. The van der Waals surface area contributed by atoms with Crippen LogP contribution in [0.4, 0.5) is 5.69 Å². The summed E-state index contributed by atoms with van der Waals surface area (Å²) in [5.41, 5.74) is -0.923. The molecule has 3 N–H and O–H groups in total. The summed E-state index contributed by atoms with van der Waals surface area (Å²) in [5.74, 6) is -3.32. The van der Waals surface area contributed by atoms with Crippen LogP contribution in [0.2, 0.25) is 5.02 Å². The lowest BCUT2D eigenvalue weighted by atomic mass is 9.91. The monoisotopic (exact) mass is 367 g/mol. The van der Waals surface area contributed by atoms with E-state index in [2.05, 4.69) is 5.32 Å². The minimum atomic E-state index is -0.874. The van der Waals surface area contributed by atoms with E-state index in [1.165, 1.54) is 7.11 Å². The summed E-state index contributed by atoms with van der Waals surface area (Å²) < 4.78 is 4.75. The molecule has 0 spiro atoms. The fraction of sp³-hybridized carbons (Fsp3) is 0.353. The number of rotatable bonds is 5. The molecule has 1 aliphatic rings. The number of methoxy groups -OCH3 is 1. The van der Waals surface area contributed by atoms with Gasteiger partial charge in [-0.05, 0) is 18.1 Å². The molecule has 0 bridgehead atoms. The number of carbonyl (C=O) groups is 3. The van der Waals surface area contributed by atoms with Crippen LogP contribution in [-0.4, -0.2) is 40.9 Å². The van der Waals surface area contributed by atoms with Gasteiger partial charge in [0.05, 0.1) is 18.2 Å². The molecule has 0 fully saturated rings. The van der Waals surface area contributed by atoms with Crippen molar-refractivity contribution in [2.45, 2.75) is 26.3 Å². The molecule has 2 rings (SSSR count). The number of nitrogens with one attached hydrogen (secondary N) is 1. The van der Waals surface area contributed by atoms with Gasteiger partial charge in [-0.3, -0.25) is 9.59 Å². The third kappa shape index (κ3) is 3.19. The Morgan fingerprint density at radius 2 is 1.72 bits per heavy atom. The Bertz CT molecular complexity index is 786. The molecule has 134 valence electrons. The van der Waals surface area contributed by atoms with Crippen LogP contribution in [0.1, 0.15) is 41.0 Å². The Hall–Kier alpha value is -2.54. The van der Waals surface area contributed by atoms with Gasteiger partial charge in [-0.1, -0.05) is 31.9 Å². The summed E-state index contributed by atoms with van der Waals surface area (Å²) in [7, 11) is 1.22. The van der Waals surface area contributed by atoms with Crippen LogP contribution < -0.4 is 5.32 Å². The lowest BCUT2D eigenvalue weighted by molar-refractivity contribution is -0.142. The number of hydrogen-bond donors (Lipinski definition) is 3. The second kappa shape index (κ2) is 7.14. The first kappa shape index (κ1) is 18.8. The van der Waals surface area contributed by atoms with Gasteiger partial charge < -0.3 is 20.3 Å². The van der Waals surface area contributed by atoms with E-state index >= 15 is 0 Å². The average molecular weight is 368 g/mol. The quantitative estimate of drug-likeness (QED) is 0.416. The van der Waals surface area contributed by atoms with Crippen LogP contribution in [0.25, 0.3) is 0 Å². The molecule has 2 unspecified atom stereocenters. The number of anilines is 1. The minimum absolute atomic E-state index is 0.196. The minimum Gasteiger partial charge on any atom is -0.505 e. The summed E-state index contributed by atoms with van der Waals surface area (Å²) in [6, 6.07) is -0.874. The van der Waals surface area contributed by atoms with Crippen molar-refractivity contribution in [3.05, 3.63) is 28.3 Å². The SMILES string of the molecule is CCC(C)C(Nc1c(O)c2c(c(O)c1Cl)C(=O)C=CC2=O)C(=O)OC. The summed E-state index contributed by atoms with van der Waals surface area (Å²) >= 11 is 6.08. The van der Waals surface area contributed by atoms with Gasteiger partial charge >= 0.3 is 5.97 Å². The molecule has 8 heteroatoms. The lowest BCUT2D eigenvalue weighted by Crippen LogP contribution is -2.36. The molecule has 0 saturated heterocycles. The number of carbonyl (C=O) groups excluding carboxylic acids is 3. The van der Waals surface area contributed by atoms with E-state index in [0.29, 0.717) is 6.42 Å². The fourth-order valence-electron chi connectivity index (χ4n) is 2.58. The standard InChI is InChI=1S/C17H18ClNO6/c1-4-7(2)13(17(24)25-3)19-14-12(18)15(22)10-8(20)5-6-9(21)11(10)16(14)23/h5-7,13,19,22-23H,4H2,1-3H3. The number of esters is 1. The fourth-order valence-corrected chi connectivity index (χ4v) is 2.81. The molecule has 0 aromatic heterocycles. The first-order valence-electron chi connectivity index (χ1n) is 7.63. The maximum atomic E-state index is 12.1. The molecule has 0 aliphatic heterocycles. The van der Waals surface area contributed by atoms with Crippen molar-refractivity contribution in [2.75, 3.05) is 12.4 Å². The van der Waals surface area contributed by atoms with Crippen LogP contribution >= 0.6 is 11.6 Å². The largest absolute Gasteiger partial charge is 0.505 e. The predicted molar refractivity (Wildman–Crippen MR) is 91.5 cm³/mol. The number of benzene rings is 1. The highest BCUT2D eigenvalue weighted by molar-refractivity contribution is 6.37. The Balaban J connectivity index is 2.62. The van der Waals surface area contributed by atoms with Gasteiger partial charge in [0.2, 0.25) is 0 Å². The maximum absolute atomic E-state index is 12.1. The predicted octanol–water partition coefficient (Wildman–Crippen LogP) is 2.69. The van der Waals surface area contributed by atoms with E-state index in [-0.39, 0.29) is 27.8 Å². The van der Waals surface area contributed by atoms with Crippen LogP contribution in [0.15, 0.2) is 12.2 Å². The highest BCUT2D eigenvalue weighted by Crippen LogP contribution is 2.46. The van der Waals surface area contributed by atoms with Crippen molar-refractivity contribution in [1.82, 2.24) is 0 Å². The van der Waals surface area contributed by atoms with E-state index in [4.69, 9.17) is 16.3 Å². The van der Waals surface area contributed by atoms with Gasteiger partial charge in [0.1, 0.15) is 22.5 Å². The Morgan fingerprint density at radius 1 is 1.20 bits per heavy atom. The highest BCUT2D eigenvalue weighted by Gasteiger charge is 2.34. The molecule has 1 aliphatic carbocycles. The topological polar surface area (TPSA) is 113 Å². The van der Waals surface area contributed by atoms with Crippen molar-refractivity contribution >= 4 is 34.8 Å². The molecule has 1 aromatic carbocycles. The smallest absolute Gasteiger partial charge is 0.328 e. The zero-order valence-electron chi connectivity index (χ0n) is 13.9. The van der Waals surface area contributed by atoms with Gasteiger partial charge in [-0.2, -0.15) is 0 Å². The highest BCUT2D eigenvalue weighted by atomic mass is 35.5. The van der Waals surface area contributed by atoms with Crippen LogP contribution in [-0.2, 0) is 9.53 Å². The molecule has 7 nitrogen and oxygen atoms in total. The number of aromatic hydroxyl groups is 2. The number of hydrogen-bond acceptors (Lipinski definition) is 7. The first-order valence-corrected chi connectivity index (χ1v) is 8.00. The van der Waals surface area contributed by atoms with Crippen LogP contribution in [0.3, 0.4) is 0 Å². The second-order valence-electron chi connectivity index (χ2n) is 5.73. The summed E-state index contributed by atoms with van der Waals surface area (Å²) in [6.45, 7) is 3.65. The second-order valence-corrected chi connectivity index (χ2v) is 6.11. The van der Waals surface area contributed by atoms with Crippen LogP contribution in [0.5, 0.6) is 11.5 Å². The van der Waals surface area contributed by atoms with Gasteiger partial charge in [-0.25, -0.2) is 4.79 Å². The zero-order chi connectivity index (χ0) is 18.9. The van der Waals surface area contributed by atoms with Crippen molar-refractivity contribution in [2.24, 2.45) is 5.92 Å². The molecule has 0 heterocycles. The molecular formula is C17H18ClNO6. The van der Waals surface area contributed by atoms with E-state index in [1.54, 1.807) is 6.92 Å². The molecular weight excluding hydrogens is 350 g/mol. The van der Waals surface area contributed by atoms with E-state index < -0.39 is 35.1 Å². The number of phenolic OH excluding ortho intramolecular Hbond substituents is 2. The number of allylic oxidation sites excluding steroid dienone is 2. The van der Waals surface area contributed by atoms with E-state index in [9.17, 15) is 24.6 Å². The van der Waals surface area contributed by atoms with Crippen molar-refractivity contribution in [3.8, 4) is 11.5 Å². The molecule has 0 saturated carbocycles. The van der Waals surface area contributed by atoms with Crippen molar-refractivity contribution in [1.29, 1.82) is 0 Å². The molecule has 0 radical (unpaired) electrons. The number of ketones is 2. The average Bonchev–Trinajstić information content (AvgIpc) is 2.60. The number of halogens is 1. The van der Waals surface area contributed by atoms with Gasteiger partial charge in [0.25, 0.3) is 0 Å². The number of fused-ring (bicyclic) bond motifs is 1. The van der Waals surface area contributed by atoms with E-state index in [0.717, 1.165) is 12.2 Å². The number of phenols is 2. The Kier molecular flexibility index (Phi) is 5.37. The van der Waals surface area contributed by atoms with Gasteiger partial charge in [0, 0.05) is 0 Å². The molecule has 0 amide bonds. The lowest BCUT2D eigenvalue weighted by Gasteiger charge is -2.25. The normalized spacial score (nSPS) is 15.5. The zero-order valence-corrected chi connectivity index (χ0v) is 14.7. The first-order chi connectivity index (χ1) is 11.7. The summed E-state index contributed by atoms with van der Waals surface area (Å²) in [6.07, 6.45) is 2.60. The molecule has 25 heavy (non-hydrogen) atoms. The third-order valence-electron chi connectivity index (χ3n) is 4.23. The van der Waals surface area contributed by atoms with Crippen LogP contribution in [0, 0.1) is 5.92 Å². The molecule has 2 atom stereocenters. The third-order valence-corrected chi connectivity index (χ3v) is 4.60. The van der Waals surface area contributed by atoms with Gasteiger partial charge in [0.15, 0.2) is 17.3 Å². The van der Waals surface area contributed by atoms with E-state index in [1.807, 2.05) is 6.92 Å².